The van der Waals surface area contributed by atoms with Crippen molar-refractivity contribution in [3.05, 3.63) is 29.8 Å². The van der Waals surface area contributed by atoms with Crippen LogP contribution in [-0.2, 0) is 4.79 Å². The number of benzene rings is 1. The summed E-state index contributed by atoms with van der Waals surface area (Å²) in [5.41, 5.74) is 1.76. The number of anilines is 1. The molecule has 4 heteroatoms. The van der Waals surface area contributed by atoms with Crippen LogP contribution in [0.5, 0.6) is 0 Å². The van der Waals surface area contributed by atoms with Crippen LogP contribution in [0.15, 0.2) is 24.3 Å². The van der Waals surface area contributed by atoms with Gasteiger partial charge >= 0.3 is 0 Å². The van der Waals surface area contributed by atoms with E-state index in [2.05, 4.69) is 5.32 Å². The average molecular weight is 264 g/mol. The highest BCUT2D eigenvalue weighted by Gasteiger charge is 2.15. The van der Waals surface area contributed by atoms with Gasteiger partial charge in [-0.1, -0.05) is 18.2 Å². The third kappa shape index (κ3) is 4.56. The number of likely N-dealkylation sites (N-methyl/N-ethyl adjacent to an activating group) is 1. The van der Waals surface area contributed by atoms with Crippen molar-refractivity contribution in [3.63, 3.8) is 0 Å². The number of rotatable bonds is 6. The van der Waals surface area contributed by atoms with Gasteiger partial charge in [0.1, 0.15) is 0 Å². The lowest BCUT2D eigenvalue weighted by molar-refractivity contribution is -0.120. The Morgan fingerprint density at radius 2 is 1.95 bits per heavy atom. The molecule has 0 saturated carbocycles. The molecule has 0 heterocycles. The molecule has 0 radical (unpaired) electrons. The fraction of sp³-hybridized carbons (Fsp3) is 0.533. The molecule has 0 fully saturated rings. The predicted octanol–water partition coefficient (Wildman–Crippen LogP) is 2.09. The van der Waals surface area contributed by atoms with Gasteiger partial charge in [-0.3, -0.25) is 4.79 Å². The number of aliphatic hydroxyl groups excluding tert-OH is 1. The molecule has 0 spiro atoms. The van der Waals surface area contributed by atoms with Gasteiger partial charge in [0.25, 0.3) is 0 Å². The van der Waals surface area contributed by atoms with Crippen LogP contribution < -0.4 is 10.2 Å². The molecule has 0 aliphatic rings. The molecule has 0 aliphatic heterocycles. The van der Waals surface area contributed by atoms with Crippen LogP contribution in [0.4, 0.5) is 5.69 Å². The van der Waals surface area contributed by atoms with Crippen LogP contribution in [0.2, 0.25) is 0 Å². The summed E-state index contributed by atoms with van der Waals surface area (Å²) in [7, 11) is 0. The second kappa shape index (κ2) is 7.14. The lowest BCUT2D eigenvalue weighted by atomic mass is 10.1. The van der Waals surface area contributed by atoms with E-state index in [9.17, 15) is 9.90 Å². The SMILES string of the molecule is CCN(CC(=O)NC(C)C)c1ccccc1[C@@H](C)O. The van der Waals surface area contributed by atoms with Crippen molar-refractivity contribution < 1.29 is 9.90 Å². The van der Waals surface area contributed by atoms with Crippen LogP contribution in [-0.4, -0.2) is 30.1 Å². The van der Waals surface area contributed by atoms with Crippen molar-refractivity contribution in [1.29, 1.82) is 0 Å². The molecular formula is C15H24N2O2. The molecule has 1 rings (SSSR count). The Morgan fingerprint density at radius 3 is 2.47 bits per heavy atom. The minimum Gasteiger partial charge on any atom is -0.389 e. The zero-order valence-electron chi connectivity index (χ0n) is 12.2. The number of nitrogens with one attached hydrogen (secondary N) is 1. The normalized spacial score (nSPS) is 12.3. The van der Waals surface area contributed by atoms with E-state index in [1.807, 2.05) is 49.9 Å². The maximum Gasteiger partial charge on any atom is 0.239 e. The van der Waals surface area contributed by atoms with Crippen molar-refractivity contribution in [2.75, 3.05) is 18.0 Å². The van der Waals surface area contributed by atoms with Gasteiger partial charge in [-0.15, -0.1) is 0 Å². The van der Waals surface area contributed by atoms with E-state index in [0.717, 1.165) is 17.8 Å². The topological polar surface area (TPSA) is 52.6 Å². The molecule has 1 aromatic carbocycles. The first-order valence-electron chi connectivity index (χ1n) is 6.77. The molecule has 1 aromatic rings. The maximum atomic E-state index is 11.9. The smallest absolute Gasteiger partial charge is 0.239 e. The van der Waals surface area contributed by atoms with Crippen LogP contribution in [0.25, 0.3) is 0 Å². The van der Waals surface area contributed by atoms with Crippen molar-refractivity contribution in [3.8, 4) is 0 Å². The highest BCUT2D eigenvalue weighted by molar-refractivity contribution is 5.81. The zero-order chi connectivity index (χ0) is 14.4. The fourth-order valence-corrected chi connectivity index (χ4v) is 2.04. The molecule has 1 amide bonds. The van der Waals surface area contributed by atoms with Crippen molar-refractivity contribution in [2.24, 2.45) is 0 Å². The molecule has 19 heavy (non-hydrogen) atoms. The number of nitrogens with zero attached hydrogens (tertiary/aromatic N) is 1. The number of hydrogen-bond donors (Lipinski definition) is 2. The van der Waals surface area contributed by atoms with E-state index in [-0.39, 0.29) is 11.9 Å². The molecule has 106 valence electrons. The Balaban J connectivity index is 2.88. The van der Waals surface area contributed by atoms with Gasteiger partial charge < -0.3 is 15.3 Å². The Bertz CT molecular complexity index is 416. The first-order chi connectivity index (χ1) is 8.95. The molecular weight excluding hydrogens is 240 g/mol. The summed E-state index contributed by atoms with van der Waals surface area (Å²) in [6.45, 7) is 8.64. The molecule has 0 aliphatic carbocycles. The molecule has 4 nitrogen and oxygen atoms in total. The molecule has 0 saturated heterocycles. The summed E-state index contributed by atoms with van der Waals surface area (Å²) in [4.78, 5) is 13.8. The molecule has 2 N–H and O–H groups in total. The van der Waals surface area contributed by atoms with Crippen LogP contribution in [0.3, 0.4) is 0 Å². The zero-order valence-corrected chi connectivity index (χ0v) is 12.2. The quantitative estimate of drug-likeness (QED) is 0.827. The minimum absolute atomic E-state index is 0.00255. The Hall–Kier alpha value is -1.55. The minimum atomic E-state index is -0.543. The second-order valence-electron chi connectivity index (χ2n) is 4.97. The number of amides is 1. The van der Waals surface area contributed by atoms with Gasteiger partial charge in [0, 0.05) is 23.8 Å². The summed E-state index contributed by atoms with van der Waals surface area (Å²) >= 11 is 0. The van der Waals surface area contributed by atoms with Crippen molar-refractivity contribution >= 4 is 11.6 Å². The number of hydrogen-bond acceptors (Lipinski definition) is 3. The number of carbonyl (C=O) groups is 1. The number of aliphatic hydroxyl groups is 1. The van der Waals surface area contributed by atoms with Gasteiger partial charge in [-0.2, -0.15) is 0 Å². The second-order valence-corrected chi connectivity index (χ2v) is 4.97. The van der Waals surface area contributed by atoms with Gasteiger partial charge in [0.05, 0.1) is 12.6 Å². The first-order valence-corrected chi connectivity index (χ1v) is 6.77. The largest absolute Gasteiger partial charge is 0.389 e. The lowest BCUT2D eigenvalue weighted by Gasteiger charge is -2.26. The van der Waals surface area contributed by atoms with Crippen LogP contribution in [0.1, 0.15) is 39.4 Å². The molecule has 0 bridgehead atoms. The van der Waals surface area contributed by atoms with Crippen LogP contribution in [0, 0.1) is 0 Å². The maximum absolute atomic E-state index is 11.9. The van der Waals surface area contributed by atoms with Crippen LogP contribution >= 0.6 is 0 Å². The third-order valence-corrected chi connectivity index (χ3v) is 2.89. The summed E-state index contributed by atoms with van der Waals surface area (Å²) < 4.78 is 0. The standard InChI is InChI=1S/C15H24N2O2/c1-5-17(10-15(19)16-11(2)3)14-9-7-6-8-13(14)12(4)18/h6-9,11-12,18H,5,10H2,1-4H3,(H,16,19)/t12-/m1/s1. The number of para-hydroxylation sites is 1. The molecule has 1 atom stereocenters. The summed E-state index contributed by atoms with van der Waals surface area (Å²) in [6.07, 6.45) is -0.543. The van der Waals surface area contributed by atoms with E-state index in [0.29, 0.717) is 6.54 Å². The third-order valence-electron chi connectivity index (χ3n) is 2.89. The average Bonchev–Trinajstić information content (AvgIpc) is 2.35. The summed E-state index contributed by atoms with van der Waals surface area (Å²) in [5, 5.41) is 12.7. The summed E-state index contributed by atoms with van der Waals surface area (Å²) in [5.74, 6) is -0.00255. The Labute approximate surface area is 115 Å². The molecule has 0 unspecified atom stereocenters. The van der Waals surface area contributed by atoms with Crippen molar-refractivity contribution in [2.45, 2.75) is 39.8 Å². The van der Waals surface area contributed by atoms with E-state index in [1.54, 1.807) is 6.92 Å². The van der Waals surface area contributed by atoms with Crippen molar-refractivity contribution in [1.82, 2.24) is 5.32 Å². The van der Waals surface area contributed by atoms with E-state index in [1.165, 1.54) is 0 Å². The first kappa shape index (κ1) is 15.5. The fourth-order valence-electron chi connectivity index (χ4n) is 2.04. The Morgan fingerprint density at radius 1 is 1.32 bits per heavy atom. The van der Waals surface area contributed by atoms with Gasteiger partial charge in [0.15, 0.2) is 0 Å². The van der Waals surface area contributed by atoms with E-state index in [4.69, 9.17) is 0 Å². The van der Waals surface area contributed by atoms with E-state index < -0.39 is 6.10 Å². The summed E-state index contributed by atoms with van der Waals surface area (Å²) in [6, 6.07) is 7.79. The Kier molecular flexibility index (Phi) is 5.83. The highest BCUT2D eigenvalue weighted by Crippen LogP contribution is 2.25. The van der Waals surface area contributed by atoms with Gasteiger partial charge in [0.2, 0.25) is 5.91 Å². The van der Waals surface area contributed by atoms with E-state index >= 15 is 0 Å². The van der Waals surface area contributed by atoms with Gasteiger partial charge in [-0.25, -0.2) is 0 Å². The molecule has 0 aromatic heterocycles. The number of carbonyl (C=O) groups excluding carboxylic acids is 1. The predicted molar refractivity (Wildman–Crippen MR) is 78.2 cm³/mol. The van der Waals surface area contributed by atoms with Gasteiger partial charge in [-0.05, 0) is 33.8 Å². The monoisotopic (exact) mass is 264 g/mol. The highest BCUT2D eigenvalue weighted by atomic mass is 16.3. The lowest BCUT2D eigenvalue weighted by Crippen LogP contribution is -2.40.